The zero-order valence-corrected chi connectivity index (χ0v) is 16.1. The highest BCUT2D eigenvalue weighted by Crippen LogP contribution is 2.33. The third-order valence-corrected chi connectivity index (χ3v) is 4.65. The summed E-state index contributed by atoms with van der Waals surface area (Å²) in [6.07, 6.45) is 0.710. The van der Waals surface area contributed by atoms with Gasteiger partial charge in [-0.15, -0.1) is 0 Å². The summed E-state index contributed by atoms with van der Waals surface area (Å²) in [4.78, 5) is 12.9. The molecule has 0 saturated carbocycles. The van der Waals surface area contributed by atoms with Gasteiger partial charge in [0.05, 0.1) is 20.3 Å². The first-order valence-corrected chi connectivity index (χ1v) is 9.02. The smallest absolute Gasteiger partial charge is 0.252 e. The lowest BCUT2D eigenvalue weighted by Gasteiger charge is -2.21. The molecule has 1 amide bonds. The number of carbonyl (C=O) groups excluding carboxylic acids is 1. The quantitative estimate of drug-likeness (QED) is 0.841. The van der Waals surface area contributed by atoms with Crippen LogP contribution in [0.1, 0.15) is 41.4 Å². The zero-order valence-electron chi connectivity index (χ0n) is 16.1. The van der Waals surface area contributed by atoms with Crippen LogP contribution >= 0.6 is 0 Å². The summed E-state index contributed by atoms with van der Waals surface area (Å²) in [7, 11) is 3.14. The van der Waals surface area contributed by atoms with Crippen molar-refractivity contribution in [2.75, 3.05) is 27.4 Å². The predicted octanol–water partition coefficient (Wildman–Crippen LogP) is 3.53. The molecule has 27 heavy (non-hydrogen) atoms. The van der Waals surface area contributed by atoms with Crippen LogP contribution in [-0.2, 0) is 6.42 Å². The Hall–Kier alpha value is -2.89. The van der Waals surface area contributed by atoms with Gasteiger partial charge in [0.25, 0.3) is 5.91 Å². The summed E-state index contributed by atoms with van der Waals surface area (Å²) in [5.41, 5.74) is 2.44. The molecule has 6 heteroatoms. The van der Waals surface area contributed by atoms with Gasteiger partial charge in [-0.1, -0.05) is 13.0 Å². The fourth-order valence-corrected chi connectivity index (χ4v) is 3.11. The molecule has 0 radical (unpaired) electrons. The Kier molecular flexibility index (Phi) is 5.74. The Balaban J connectivity index is 1.82. The molecule has 1 atom stereocenters. The SMILES string of the molecule is CCc1cc(OC)c(OC)cc1C(=O)NC(C)c1ccc2c(c1)OCCO2. The molecule has 2 aromatic carbocycles. The molecule has 6 nitrogen and oxygen atoms in total. The minimum Gasteiger partial charge on any atom is -0.493 e. The second kappa shape index (κ2) is 8.20. The van der Waals surface area contributed by atoms with E-state index in [0.717, 1.165) is 16.9 Å². The molecule has 1 N–H and O–H groups in total. The Morgan fingerprint density at radius 2 is 1.74 bits per heavy atom. The average molecular weight is 371 g/mol. The Morgan fingerprint density at radius 1 is 1.07 bits per heavy atom. The molecular weight excluding hydrogens is 346 g/mol. The van der Waals surface area contributed by atoms with Gasteiger partial charge in [-0.05, 0) is 48.7 Å². The molecule has 1 unspecified atom stereocenters. The van der Waals surface area contributed by atoms with E-state index in [9.17, 15) is 4.79 Å². The van der Waals surface area contributed by atoms with E-state index in [1.807, 2.05) is 38.1 Å². The van der Waals surface area contributed by atoms with E-state index in [-0.39, 0.29) is 11.9 Å². The molecule has 0 saturated heterocycles. The summed E-state index contributed by atoms with van der Waals surface area (Å²) < 4.78 is 21.9. The number of ether oxygens (including phenoxy) is 4. The molecule has 2 aromatic rings. The number of fused-ring (bicyclic) bond motifs is 1. The number of nitrogens with one attached hydrogen (secondary N) is 1. The number of rotatable bonds is 6. The monoisotopic (exact) mass is 371 g/mol. The summed E-state index contributed by atoms with van der Waals surface area (Å²) in [6.45, 7) is 5.03. The summed E-state index contributed by atoms with van der Waals surface area (Å²) >= 11 is 0. The standard InChI is InChI=1S/C21H25NO5/c1-5-14-10-18(24-3)19(25-4)12-16(14)21(23)22-13(2)15-6-7-17-20(11-15)27-9-8-26-17/h6-7,10-13H,5,8-9H2,1-4H3,(H,22,23). The maximum absolute atomic E-state index is 12.9. The molecular formula is C21H25NO5. The van der Waals surface area contributed by atoms with Gasteiger partial charge in [-0.3, -0.25) is 4.79 Å². The van der Waals surface area contributed by atoms with E-state index in [0.29, 0.717) is 42.4 Å². The van der Waals surface area contributed by atoms with Crippen LogP contribution in [0.15, 0.2) is 30.3 Å². The topological polar surface area (TPSA) is 66.0 Å². The van der Waals surface area contributed by atoms with Crippen molar-refractivity contribution < 1.29 is 23.7 Å². The lowest BCUT2D eigenvalue weighted by molar-refractivity contribution is 0.0938. The molecule has 1 aliphatic rings. The van der Waals surface area contributed by atoms with Gasteiger partial charge in [0.1, 0.15) is 13.2 Å². The minimum atomic E-state index is -0.189. The number of amides is 1. The molecule has 1 aliphatic heterocycles. The van der Waals surface area contributed by atoms with Gasteiger partial charge in [0.15, 0.2) is 23.0 Å². The van der Waals surface area contributed by atoms with E-state index in [4.69, 9.17) is 18.9 Å². The van der Waals surface area contributed by atoms with Crippen LogP contribution in [-0.4, -0.2) is 33.3 Å². The highest BCUT2D eigenvalue weighted by molar-refractivity contribution is 5.96. The number of hydrogen-bond acceptors (Lipinski definition) is 5. The summed E-state index contributed by atoms with van der Waals surface area (Å²) in [6, 6.07) is 9.11. The highest BCUT2D eigenvalue weighted by Gasteiger charge is 2.19. The van der Waals surface area contributed by atoms with E-state index in [1.54, 1.807) is 20.3 Å². The van der Waals surface area contributed by atoms with Gasteiger partial charge in [0, 0.05) is 5.56 Å². The summed E-state index contributed by atoms with van der Waals surface area (Å²) in [5, 5.41) is 3.05. The fraction of sp³-hybridized carbons (Fsp3) is 0.381. The van der Waals surface area contributed by atoms with Crippen LogP contribution < -0.4 is 24.3 Å². The maximum atomic E-state index is 12.9. The first-order chi connectivity index (χ1) is 13.1. The highest BCUT2D eigenvalue weighted by atomic mass is 16.6. The van der Waals surface area contributed by atoms with Crippen molar-refractivity contribution in [1.82, 2.24) is 5.32 Å². The van der Waals surface area contributed by atoms with E-state index >= 15 is 0 Å². The van der Waals surface area contributed by atoms with Gasteiger partial charge >= 0.3 is 0 Å². The van der Waals surface area contributed by atoms with Crippen LogP contribution in [0.25, 0.3) is 0 Å². The Morgan fingerprint density at radius 3 is 2.41 bits per heavy atom. The van der Waals surface area contributed by atoms with E-state index < -0.39 is 0 Å². The average Bonchev–Trinajstić information content (AvgIpc) is 2.72. The number of benzene rings is 2. The van der Waals surface area contributed by atoms with Crippen molar-refractivity contribution in [2.45, 2.75) is 26.3 Å². The molecule has 0 fully saturated rings. The Bertz CT molecular complexity index is 834. The van der Waals surface area contributed by atoms with Crippen molar-refractivity contribution in [3.05, 3.63) is 47.0 Å². The van der Waals surface area contributed by atoms with Gasteiger partial charge in [-0.25, -0.2) is 0 Å². The van der Waals surface area contributed by atoms with Crippen molar-refractivity contribution in [1.29, 1.82) is 0 Å². The molecule has 0 aliphatic carbocycles. The third-order valence-electron chi connectivity index (χ3n) is 4.65. The second-order valence-electron chi connectivity index (χ2n) is 6.32. The molecule has 1 heterocycles. The van der Waals surface area contributed by atoms with Crippen molar-refractivity contribution >= 4 is 5.91 Å². The first kappa shape index (κ1) is 18.9. The third kappa shape index (κ3) is 3.94. The lowest BCUT2D eigenvalue weighted by Crippen LogP contribution is -2.28. The number of methoxy groups -OCH3 is 2. The van der Waals surface area contributed by atoms with Gasteiger partial charge in [-0.2, -0.15) is 0 Å². The van der Waals surface area contributed by atoms with Crippen LogP contribution in [0.4, 0.5) is 0 Å². The number of carbonyl (C=O) groups is 1. The fourth-order valence-electron chi connectivity index (χ4n) is 3.11. The molecule has 3 rings (SSSR count). The predicted molar refractivity (Wildman–Crippen MR) is 102 cm³/mol. The molecule has 144 valence electrons. The van der Waals surface area contributed by atoms with Crippen molar-refractivity contribution in [2.24, 2.45) is 0 Å². The van der Waals surface area contributed by atoms with Crippen molar-refractivity contribution in [3.63, 3.8) is 0 Å². The molecule has 0 spiro atoms. The largest absolute Gasteiger partial charge is 0.493 e. The lowest BCUT2D eigenvalue weighted by atomic mass is 10.0. The first-order valence-electron chi connectivity index (χ1n) is 9.02. The minimum absolute atomic E-state index is 0.157. The van der Waals surface area contributed by atoms with Crippen LogP contribution in [0, 0.1) is 0 Å². The molecule has 0 bridgehead atoms. The number of hydrogen-bond donors (Lipinski definition) is 1. The Labute approximate surface area is 159 Å². The van der Waals surface area contributed by atoms with Crippen molar-refractivity contribution in [3.8, 4) is 23.0 Å². The van der Waals surface area contributed by atoms with Crippen LogP contribution in [0.3, 0.4) is 0 Å². The van der Waals surface area contributed by atoms with Crippen LogP contribution in [0.5, 0.6) is 23.0 Å². The van der Waals surface area contributed by atoms with E-state index in [2.05, 4.69) is 5.32 Å². The van der Waals surface area contributed by atoms with E-state index in [1.165, 1.54) is 0 Å². The second-order valence-corrected chi connectivity index (χ2v) is 6.32. The zero-order chi connectivity index (χ0) is 19.4. The van der Waals surface area contributed by atoms with Crippen LogP contribution in [0.2, 0.25) is 0 Å². The van der Waals surface area contributed by atoms with Gasteiger partial charge in [0.2, 0.25) is 0 Å². The molecule has 0 aromatic heterocycles. The normalized spacial score (nSPS) is 13.6. The number of aryl methyl sites for hydroxylation is 1. The van der Waals surface area contributed by atoms with Gasteiger partial charge < -0.3 is 24.3 Å². The maximum Gasteiger partial charge on any atom is 0.252 e. The summed E-state index contributed by atoms with van der Waals surface area (Å²) in [5.74, 6) is 2.43.